The molecule has 0 amide bonds. The molecule has 2 aliphatic carbocycles. The molecular formula is C15H28. The molecular weight excluding hydrogens is 180 g/mol. The SMILES string of the molecule is CCC1CCCCC1C1CCC(C)CC1. The Morgan fingerprint density at radius 2 is 1.53 bits per heavy atom. The third-order valence-electron chi connectivity index (χ3n) is 5.16. The van der Waals surface area contributed by atoms with Crippen LogP contribution < -0.4 is 0 Å². The first-order chi connectivity index (χ1) is 7.31. The van der Waals surface area contributed by atoms with E-state index in [0.717, 1.165) is 23.7 Å². The fourth-order valence-electron chi connectivity index (χ4n) is 4.08. The van der Waals surface area contributed by atoms with Crippen molar-refractivity contribution in [2.24, 2.45) is 23.7 Å². The van der Waals surface area contributed by atoms with Crippen LogP contribution in [0.15, 0.2) is 0 Å². The molecule has 0 aromatic heterocycles. The minimum absolute atomic E-state index is 1.02. The van der Waals surface area contributed by atoms with Crippen LogP contribution in [0.3, 0.4) is 0 Å². The maximum absolute atomic E-state index is 2.44. The van der Waals surface area contributed by atoms with Crippen LogP contribution in [0.5, 0.6) is 0 Å². The molecule has 2 atom stereocenters. The van der Waals surface area contributed by atoms with Crippen molar-refractivity contribution in [2.45, 2.75) is 71.6 Å². The summed E-state index contributed by atoms with van der Waals surface area (Å²) in [5.74, 6) is 4.31. The van der Waals surface area contributed by atoms with Gasteiger partial charge in [0.15, 0.2) is 0 Å². The standard InChI is InChI=1S/C15H28/c1-3-13-6-4-5-7-15(13)14-10-8-12(2)9-11-14/h12-15H,3-11H2,1-2H3. The average molecular weight is 208 g/mol. The second-order valence-corrected chi connectivity index (χ2v) is 6.14. The Hall–Kier alpha value is 0. The molecule has 0 spiro atoms. The Morgan fingerprint density at radius 1 is 0.867 bits per heavy atom. The van der Waals surface area contributed by atoms with Crippen LogP contribution in [-0.2, 0) is 0 Å². The summed E-state index contributed by atoms with van der Waals surface area (Å²) in [6.07, 6.45) is 13.7. The molecule has 2 fully saturated rings. The highest BCUT2D eigenvalue weighted by molar-refractivity contribution is 4.83. The lowest BCUT2D eigenvalue weighted by Crippen LogP contribution is -2.29. The molecule has 0 nitrogen and oxygen atoms in total. The molecule has 2 saturated carbocycles. The van der Waals surface area contributed by atoms with Crippen molar-refractivity contribution in [3.63, 3.8) is 0 Å². The van der Waals surface area contributed by atoms with Gasteiger partial charge >= 0.3 is 0 Å². The normalized spacial score (nSPS) is 42.8. The highest BCUT2D eigenvalue weighted by Gasteiger charge is 2.32. The Balaban J connectivity index is 1.90. The van der Waals surface area contributed by atoms with Gasteiger partial charge in [0.2, 0.25) is 0 Å². The molecule has 88 valence electrons. The first kappa shape index (κ1) is 11.5. The predicted octanol–water partition coefficient (Wildman–Crippen LogP) is 5.03. The molecule has 0 heteroatoms. The lowest BCUT2D eigenvalue weighted by Gasteiger charge is -2.40. The Kier molecular flexibility index (Phi) is 4.11. The van der Waals surface area contributed by atoms with Crippen molar-refractivity contribution in [1.82, 2.24) is 0 Å². The van der Waals surface area contributed by atoms with E-state index in [1.807, 2.05) is 0 Å². The average Bonchev–Trinajstić information content (AvgIpc) is 2.30. The summed E-state index contributed by atoms with van der Waals surface area (Å²) in [5.41, 5.74) is 0. The molecule has 2 unspecified atom stereocenters. The topological polar surface area (TPSA) is 0 Å². The van der Waals surface area contributed by atoms with Crippen LogP contribution in [0.4, 0.5) is 0 Å². The summed E-state index contributed by atoms with van der Waals surface area (Å²) >= 11 is 0. The number of hydrogen-bond acceptors (Lipinski definition) is 0. The van der Waals surface area contributed by atoms with Gasteiger partial charge < -0.3 is 0 Å². The van der Waals surface area contributed by atoms with Gasteiger partial charge in [0, 0.05) is 0 Å². The van der Waals surface area contributed by atoms with Crippen LogP contribution in [0.25, 0.3) is 0 Å². The van der Waals surface area contributed by atoms with E-state index in [4.69, 9.17) is 0 Å². The first-order valence-electron chi connectivity index (χ1n) is 7.31. The molecule has 15 heavy (non-hydrogen) atoms. The maximum atomic E-state index is 2.44. The fraction of sp³-hybridized carbons (Fsp3) is 1.00. The highest BCUT2D eigenvalue weighted by atomic mass is 14.4. The molecule has 2 aliphatic rings. The van der Waals surface area contributed by atoms with Gasteiger partial charge in [-0.05, 0) is 42.9 Å². The van der Waals surface area contributed by atoms with E-state index in [9.17, 15) is 0 Å². The van der Waals surface area contributed by atoms with Gasteiger partial charge in [0.25, 0.3) is 0 Å². The smallest absolute Gasteiger partial charge is 0.0358 e. The molecule has 0 aliphatic heterocycles. The Morgan fingerprint density at radius 3 is 2.20 bits per heavy atom. The first-order valence-corrected chi connectivity index (χ1v) is 7.31. The van der Waals surface area contributed by atoms with Gasteiger partial charge in [0.1, 0.15) is 0 Å². The predicted molar refractivity (Wildman–Crippen MR) is 66.9 cm³/mol. The third-order valence-corrected chi connectivity index (χ3v) is 5.16. The van der Waals surface area contributed by atoms with Gasteiger partial charge in [0.05, 0.1) is 0 Å². The van der Waals surface area contributed by atoms with E-state index in [1.165, 1.54) is 38.5 Å². The monoisotopic (exact) mass is 208 g/mol. The zero-order valence-electron chi connectivity index (χ0n) is 10.7. The van der Waals surface area contributed by atoms with Crippen LogP contribution in [0.1, 0.15) is 71.6 Å². The largest absolute Gasteiger partial charge is 0.0651 e. The van der Waals surface area contributed by atoms with Gasteiger partial charge in [-0.25, -0.2) is 0 Å². The van der Waals surface area contributed by atoms with Crippen molar-refractivity contribution in [3.8, 4) is 0 Å². The van der Waals surface area contributed by atoms with Crippen LogP contribution in [0.2, 0.25) is 0 Å². The maximum Gasteiger partial charge on any atom is -0.0358 e. The van der Waals surface area contributed by atoms with Crippen molar-refractivity contribution in [2.75, 3.05) is 0 Å². The summed E-state index contributed by atoms with van der Waals surface area (Å²) in [5, 5.41) is 0. The van der Waals surface area contributed by atoms with Gasteiger partial charge in [-0.15, -0.1) is 0 Å². The molecule has 2 rings (SSSR count). The third kappa shape index (κ3) is 2.77. The molecule has 0 heterocycles. The van der Waals surface area contributed by atoms with Crippen molar-refractivity contribution >= 4 is 0 Å². The van der Waals surface area contributed by atoms with Crippen molar-refractivity contribution in [3.05, 3.63) is 0 Å². The summed E-state index contributed by atoms with van der Waals surface area (Å²) in [4.78, 5) is 0. The van der Waals surface area contributed by atoms with E-state index < -0.39 is 0 Å². The lowest BCUT2D eigenvalue weighted by molar-refractivity contribution is 0.113. The minimum Gasteiger partial charge on any atom is -0.0651 e. The lowest BCUT2D eigenvalue weighted by atomic mass is 9.66. The quantitative estimate of drug-likeness (QED) is 0.597. The van der Waals surface area contributed by atoms with E-state index in [2.05, 4.69) is 13.8 Å². The van der Waals surface area contributed by atoms with Crippen molar-refractivity contribution < 1.29 is 0 Å². The summed E-state index contributed by atoms with van der Waals surface area (Å²) in [6.45, 7) is 4.85. The number of rotatable bonds is 2. The molecule has 0 radical (unpaired) electrons. The van der Waals surface area contributed by atoms with Crippen molar-refractivity contribution in [1.29, 1.82) is 0 Å². The Labute approximate surface area is 95.8 Å². The number of hydrogen-bond donors (Lipinski definition) is 0. The Bertz CT molecular complexity index is 176. The van der Waals surface area contributed by atoms with Gasteiger partial charge in [-0.1, -0.05) is 52.4 Å². The summed E-state index contributed by atoms with van der Waals surface area (Å²) < 4.78 is 0. The fourth-order valence-corrected chi connectivity index (χ4v) is 4.08. The minimum atomic E-state index is 1.02. The van der Waals surface area contributed by atoms with E-state index in [1.54, 1.807) is 19.3 Å². The van der Waals surface area contributed by atoms with E-state index in [0.29, 0.717) is 0 Å². The molecule has 0 aromatic carbocycles. The molecule has 0 aromatic rings. The van der Waals surface area contributed by atoms with Crippen LogP contribution in [0, 0.1) is 23.7 Å². The van der Waals surface area contributed by atoms with Gasteiger partial charge in [-0.3, -0.25) is 0 Å². The molecule has 0 N–H and O–H groups in total. The van der Waals surface area contributed by atoms with Gasteiger partial charge in [-0.2, -0.15) is 0 Å². The zero-order chi connectivity index (χ0) is 10.7. The zero-order valence-corrected chi connectivity index (χ0v) is 10.7. The van der Waals surface area contributed by atoms with E-state index >= 15 is 0 Å². The molecule has 0 bridgehead atoms. The second-order valence-electron chi connectivity index (χ2n) is 6.14. The highest BCUT2D eigenvalue weighted by Crippen LogP contribution is 2.43. The summed E-state index contributed by atoms with van der Waals surface area (Å²) in [7, 11) is 0. The second kappa shape index (κ2) is 5.37. The molecule has 0 saturated heterocycles. The van der Waals surface area contributed by atoms with E-state index in [-0.39, 0.29) is 0 Å². The van der Waals surface area contributed by atoms with Crippen LogP contribution >= 0.6 is 0 Å². The summed E-state index contributed by atoms with van der Waals surface area (Å²) in [6, 6.07) is 0. The van der Waals surface area contributed by atoms with Crippen LogP contribution in [-0.4, -0.2) is 0 Å².